The SMILES string of the molecule is CN(CCCCC(=O)NN)CC1CCCOC1. The second kappa shape index (κ2) is 8.44. The molecule has 1 aliphatic rings. The third kappa shape index (κ3) is 6.61. The Morgan fingerprint density at radius 2 is 2.35 bits per heavy atom. The molecule has 1 heterocycles. The summed E-state index contributed by atoms with van der Waals surface area (Å²) in [6.45, 7) is 3.96. The normalized spacial score (nSPS) is 20.5. The Morgan fingerprint density at radius 3 is 3.00 bits per heavy atom. The van der Waals surface area contributed by atoms with Crippen LogP contribution in [-0.2, 0) is 9.53 Å². The van der Waals surface area contributed by atoms with Gasteiger partial charge in [0.15, 0.2) is 0 Å². The molecule has 0 aromatic carbocycles. The van der Waals surface area contributed by atoms with Crippen LogP contribution in [0.4, 0.5) is 0 Å². The number of rotatable bonds is 7. The van der Waals surface area contributed by atoms with Gasteiger partial charge >= 0.3 is 0 Å². The molecule has 0 aromatic heterocycles. The minimum Gasteiger partial charge on any atom is -0.381 e. The van der Waals surface area contributed by atoms with Crippen molar-refractivity contribution in [3.05, 3.63) is 0 Å². The maximum Gasteiger partial charge on any atom is 0.233 e. The van der Waals surface area contributed by atoms with Gasteiger partial charge in [-0.25, -0.2) is 5.84 Å². The quantitative estimate of drug-likeness (QED) is 0.296. The van der Waals surface area contributed by atoms with Gasteiger partial charge in [-0.3, -0.25) is 10.2 Å². The molecule has 1 saturated heterocycles. The topological polar surface area (TPSA) is 67.6 Å². The zero-order valence-corrected chi connectivity index (χ0v) is 10.8. The van der Waals surface area contributed by atoms with Crippen LogP contribution in [0.3, 0.4) is 0 Å². The molecule has 0 spiro atoms. The van der Waals surface area contributed by atoms with Gasteiger partial charge in [-0.2, -0.15) is 0 Å². The average molecular weight is 243 g/mol. The van der Waals surface area contributed by atoms with Gasteiger partial charge in [0.2, 0.25) is 5.91 Å². The van der Waals surface area contributed by atoms with Gasteiger partial charge in [-0.15, -0.1) is 0 Å². The number of nitrogens with zero attached hydrogens (tertiary/aromatic N) is 1. The van der Waals surface area contributed by atoms with Crippen molar-refractivity contribution < 1.29 is 9.53 Å². The number of hydrogen-bond donors (Lipinski definition) is 2. The maximum atomic E-state index is 10.9. The van der Waals surface area contributed by atoms with E-state index < -0.39 is 0 Å². The number of nitrogens with two attached hydrogens (primary N) is 1. The van der Waals surface area contributed by atoms with Gasteiger partial charge in [0.25, 0.3) is 0 Å². The van der Waals surface area contributed by atoms with Crippen molar-refractivity contribution in [1.29, 1.82) is 0 Å². The summed E-state index contributed by atoms with van der Waals surface area (Å²) in [5.74, 6) is 5.62. The van der Waals surface area contributed by atoms with Crippen LogP contribution < -0.4 is 11.3 Å². The largest absolute Gasteiger partial charge is 0.381 e. The molecule has 1 fully saturated rings. The molecule has 1 aliphatic heterocycles. The van der Waals surface area contributed by atoms with E-state index in [0.717, 1.165) is 39.1 Å². The zero-order chi connectivity index (χ0) is 12.5. The molecule has 1 atom stereocenters. The molecule has 5 heteroatoms. The van der Waals surface area contributed by atoms with Crippen LogP contribution in [0, 0.1) is 5.92 Å². The lowest BCUT2D eigenvalue weighted by atomic mass is 10.0. The lowest BCUT2D eigenvalue weighted by molar-refractivity contribution is -0.121. The fraction of sp³-hybridized carbons (Fsp3) is 0.917. The number of carbonyl (C=O) groups is 1. The van der Waals surface area contributed by atoms with Gasteiger partial charge in [-0.05, 0) is 45.2 Å². The highest BCUT2D eigenvalue weighted by atomic mass is 16.5. The molecule has 1 rings (SSSR count). The first-order valence-corrected chi connectivity index (χ1v) is 6.48. The zero-order valence-electron chi connectivity index (χ0n) is 10.8. The molecule has 100 valence electrons. The molecule has 3 N–H and O–H groups in total. The molecule has 0 bridgehead atoms. The van der Waals surface area contributed by atoms with E-state index in [-0.39, 0.29) is 5.91 Å². The highest BCUT2D eigenvalue weighted by Crippen LogP contribution is 2.14. The Bertz CT molecular complexity index is 218. The highest BCUT2D eigenvalue weighted by molar-refractivity contribution is 5.75. The van der Waals surface area contributed by atoms with Crippen LogP contribution in [0.5, 0.6) is 0 Å². The Labute approximate surface area is 104 Å². The number of unbranched alkanes of at least 4 members (excludes halogenated alkanes) is 1. The monoisotopic (exact) mass is 243 g/mol. The summed E-state index contributed by atoms with van der Waals surface area (Å²) in [4.78, 5) is 13.2. The Kier molecular flexibility index (Phi) is 7.16. The first kappa shape index (κ1) is 14.4. The van der Waals surface area contributed by atoms with Crippen molar-refractivity contribution >= 4 is 5.91 Å². The molecular formula is C12H25N3O2. The smallest absolute Gasteiger partial charge is 0.233 e. The van der Waals surface area contributed by atoms with E-state index in [1.54, 1.807) is 0 Å². The summed E-state index contributed by atoms with van der Waals surface area (Å²) in [5, 5.41) is 0. The number of carbonyl (C=O) groups excluding carboxylic acids is 1. The van der Waals surface area contributed by atoms with Crippen molar-refractivity contribution in [2.45, 2.75) is 32.1 Å². The summed E-state index contributed by atoms with van der Waals surface area (Å²) in [6, 6.07) is 0. The van der Waals surface area contributed by atoms with Crippen LogP contribution in [0.1, 0.15) is 32.1 Å². The van der Waals surface area contributed by atoms with Crippen LogP contribution in [0.15, 0.2) is 0 Å². The van der Waals surface area contributed by atoms with E-state index in [1.165, 1.54) is 12.8 Å². The fourth-order valence-electron chi connectivity index (χ4n) is 2.22. The average Bonchev–Trinajstić information content (AvgIpc) is 2.35. The van der Waals surface area contributed by atoms with Gasteiger partial charge in [-0.1, -0.05) is 0 Å². The third-order valence-electron chi connectivity index (χ3n) is 3.18. The molecule has 17 heavy (non-hydrogen) atoms. The standard InChI is InChI=1S/C12H25N3O2/c1-15(7-3-2-6-12(16)14-13)9-11-5-4-8-17-10-11/h11H,2-10,13H2,1H3,(H,14,16). The molecule has 0 aliphatic carbocycles. The van der Waals surface area contributed by atoms with Crippen molar-refractivity contribution in [2.24, 2.45) is 11.8 Å². The summed E-state index contributed by atoms with van der Waals surface area (Å²) >= 11 is 0. The molecule has 0 radical (unpaired) electrons. The van der Waals surface area contributed by atoms with Crippen LogP contribution in [0.2, 0.25) is 0 Å². The summed E-state index contributed by atoms with van der Waals surface area (Å²) in [7, 11) is 2.14. The molecule has 5 nitrogen and oxygen atoms in total. The van der Waals surface area contributed by atoms with E-state index in [1.807, 2.05) is 0 Å². The van der Waals surface area contributed by atoms with E-state index in [0.29, 0.717) is 12.3 Å². The minimum absolute atomic E-state index is 0.0756. The first-order valence-electron chi connectivity index (χ1n) is 6.48. The van der Waals surface area contributed by atoms with E-state index in [4.69, 9.17) is 10.6 Å². The maximum absolute atomic E-state index is 10.9. The van der Waals surface area contributed by atoms with E-state index in [2.05, 4.69) is 17.4 Å². The molecule has 1 amide bonds. The van der Waals surface area contributed by atoms with Gasteiger partial charge in [0.1, 0.15) is 0 Å². The summed E-state index contributed by atoms with van der Waals surface area (Å²) < 4.78 is 5.46. The number of nitrogens with one attached hydrogen (secondary N) is 1. The van der Waals surface area contributed by atoms with Crippen molar-refractivity contribution in [3.63, 3.8) is 0 Å². The number of hydrazine groups is 1. The van der Waals surface area contributed by atoms with Crippen molar-refractivity contribution in [1.82, 2.24) is 10.3 Å². The molecule has 0 aromatic rings. The predicted molar refractivity (Wildman–Crippen MR) is 67.2 cm³/mol. The second-order valence-electron chi connectivity index (χ2n) is 4.87. The lowest BCUT2D eigenvalue weighted by Gasteiger charge is -2.27. The summed E-state index contributed by atoms with van der Waals surface area (Å²) in [6.07, 6.45) is 4.93. The lowest BCUT2D eigenvalue weighted by Crippen LogP contribution is -2.32. The van der Waals surface area contributed by atoms with Crippen LogP contribution in [-0.4, -0.2) is 44.2 Å². The Hall–Kier alpha value is -0.650. The fourth-order valence-corrected chi connectivity index (χ4v) is 2.22. The van der Waals surface area contributed by atoms with E-state index >= 15 is 0 Å². The minimum atomic E-state index is -0.0756. The highest BCUT2D eigenvalue weighted by Gasteiger charge is 2.15. The van der Waals surface area contributed by atoms with Crippen LogP contribution in [0.25, 0.3) is 0 Å². The Morgan fingerprint density at radius 1 is 1.53 bits per heavy atom. The number of ether oxygens (including phenoxy) is 1. The van der Waals surface area contributed by atoms with Gasteiger partial charge < -0.3 is 9.64 Å². The van der Waals surface area contributed by atoms with Crippen LogP contribution >= 0.6 is 0 Å². The predicted octanol–water partition coefficient (Wildman–Crippen LogP) is 0.505. The third-order valence-corrected chi connectivity index (χ3v) is 3.18. The Balaban J connectivity index is 2.00. The van der Waals surface area contributed by atoms with Gasteiger partial charge in [0, 0.05) is 19.6 Å². The summed E-state index contributed by atoms with van der Waals surface area (Å²) in [5.41, 5.74) is 2.15. The van der Waals surface area contributed by atoms with Crippen molar-refractivity contribution in [2.75, 3.05) is 33.4 Å². The van der Waals surface area contributed by atoms with Gasteiger partial charge in [0.05, 0.1) is 6.61 Å². The second-order valence-corrected chi connectivity index (χ2v) is 4.87. The first-order chi connectivity index (χ1) is 8.22. The molecule has 0 saturated carbocycles. The molecule has 1 unspecified atom stereocenters. The number of hydrogen-bond acceptors (Lipinski definition) is 4. The van der Waals surface area contributed by atoms with Crippen molar-refractivity contribution in [3.8, 4) is 0 Å². The van der Waals surface area contributed by atoms with E-state index in [9.17, 15) is 4.79 Å². The molecular weight excluding hydrogens is 218 g/mol. The number of amides is 1.